The van der Waals surface area contributed by atoms with E-state index in [0.29, 0.717) is 23.0 Å². The zero-order chi connectivity index (χ0) is 10.7. The van der Waals surface area contributed by atoms with E-state index in [0.717, 1.165) is 0 Å². The molecule has 0 atom stereocenters. The van der Waals surface area contributed by atoms with Crippen molar-refractivity contribution in [2.75, 3.05) is 13.7 Å². The molecule has 1 aromatic carbocycles. The molecule has 0 spiro atoms. The van der Waals surface area contributed by atoms with Crippen LogP contribution < -0.4 is 10.5 Å². The number of rotatable bonds is 3. The van der Waals surface area contributed by atoms with Gasteiger partial charge in [-0.05, 0) is 19.0 Å². The Morgan fingerprint density at radius 1 is 1.64 bits per heavy atom. The highest BCUT2D eigenvalue weighted by molar-refractivity contribution is 9.10. The molecule has 0 amide bonds. The first-order valence-corrected chi connectivity index (χ1v) is 4.85. The van der Waals surface area contributed by atoms with Crippen molar-refractivity contribution in [3.8, 4) is 11.5 Å². The van der Waals surface area contributed by atoms with Crippen molar-refractivity contribution < 1.29 is 14.2 Å². The van der Waals surface area contributed by atoms with Crippen molar-refractivity contribution in [3.63, 3.8) is 0 Å². The fourth-order valence-electron chi connectivity index (χ4n) is 1.19. The van der Waals surface area contributed by atoms with Crippen LogP contribution in [0.3, 0.4) is 0 Å². The monoisotopic (exact) mass is 263 g/mol. The lowest BCUT2D eigenvalue weighted by Gasteiger charge is -2.10. The quantitative estimate of drug-likeness (QED) is 0.875. The zero-order valence-electron chi connectivity index (χ0n) is 7.68. The van der Waals surface area contributed by atoms with Gasteiger partial charge in [0.1, 0.15) is 0 Å². The minimum atomic E-state index is -0.565. The Labute approximate surface area is 89.8 Å². The number of hydrogen-bond acceptors (Lipinski definition) is 3. The van der Waals surface area contributed by atoms with Crippen molar-refractivity contribution in [2.45, 2.75) is 6.42 Å². The van der Waals surface area contributed by atoms with E-state index in [9.17, 15) is 9.50 Å². The van der Waals surface area contributed by atoms with Crippen molar-refractivity contribution in [3.05, 3.63) is 21.9 Å². The number of ether oxygens (including phenoxy) is 1. The lowest BCUT2D eigenvalue weighted by atomic mass is 10.1. The average Bonchev–Trinajstić information content (AvgIpc) is 2.12. The van der Waals surface area contributed by atoms with Crippen molar-refractivity contribution in [1.82, 2.24) is 0 Å². The highest BCUT2D eigenvalue weighted by Crippen LogP contribution is 2.36. The molecule has 0 saturated heterocycles. The Morgan fingerprint density at radius 3 is 2.79 bits per heavy atom. The van der Waals surface area contributed by atoms with E-state index in [4.69, 9.17) is 10.5 Å². The van der Waals surface area contributed by atoms with Gasteiger partial charge < -0.3 is 15.6 Å². The molecule has 1 rings (SSSR count). The van der Waals surface area contributed by atoms with Crippen molar-refractivity contribution in [1.29, 1.82) is 0 Å². The summed E-state index contributed by atoms with van der Waals surface area (Å²) in [6.07, 6.45) is 0.392. The Bertz CT molecular complexity index is 344. The summed E-state index contributed by atoms with van der Waals surface area (Å²) in [4.78, 5) is 0. The highest BCUT2D eigenvalue weighted by atomic mass is 79.9. The minimum absolute atomic E-state index is 0.142. The van der Waals surface area contributed by atoms with Crippen LogP contribution in [0.25, 0.3) is 0 Å². The molecule has 0 bridgehead atoms. The molecule has 0 radical (unpaired) electrons. The largest absolute Gasteiger partial charge is 0.504 e. The maximum Gasteiger partial charge on any atom is 0.196 e. The summed E-state index contributed by atoms with van der Waals surface area (Å²) in [5, 5.41) is 9.34. The number of benzene rings is 1. The standard InChI is InChI=1S/C9H11BrFNO2/c1-14-9-7(13)4-6(10)5(2-3-12)8(9)11/h4,13H,2-3,12H2,1H3. The Kier molecular flexibility index (Phi) is 3.71. The molecular weight excluding hydrogens is 253 g/mol. The summed E-state index contributed by atoms with van der Waals surface area (Å²) in [5.74, 6) is -0.931. The number of methoxy groups -OCH3 is 1. The van der Waals surface area contributed by atoms with Crippen LogP contribution in [-0.4, -0.2) is 18.8 Å². The molecule has 0 aliphatic carbocycles. The predicted octanol–water partition coefficient (Wildman–Crippen LogP) is 1.80. The summed E-state index contributed by atoms with van der Waals surface area (Å²) < 4.78 is 18.8. The van der Waals surface area contributed by atoms with Gasteiger partial charge in [0.2, 0.25) is 0 Å². The third-order valence-corrected chi connectivity index (χ3v) is 2.55. The van der Waals surface area contributed by atoms with E-state index in [1.165, 1.54) is 13.2 Å². The van der Waals surface area contributed by atoms with Crippen LogP contribution in [0.5, 0.6) is 11.5 Å². The molecule has 78 valence electrons. The second-order valence-corrected chi connectivity index (χ2v) is 3.60. The average molecular weight is 264 g/mol. The Hall–Kier alpha value is -0.810. The molecule has 1 aromatic rings. The third-order valence-electron chi connectivity index (χ3n) is 1.85. The number of nitrogens with two attached hydrogens (primary N) is 1. The SMILES string of the molecule is COc1c(O)cc(Br)c(CCN)c1F. The van der Waals surface area contributed by atoms with Crippen LogP contribution in [0, 0.1) is 5.82 Å². The first kappa shape index (κ1) is 11.3. The molecule has 0 unspecified atom stereocenters. The Balaban J connectivity index is 3.28. The molecule has 5 heteroatoms. The molecule has 0 aliphatic heterocycles. The van der Waals surface area contributed by atoms with Gasteiger partial charge in [0.05, 0.1) is 7.11 Å². The van der Waals surface area contributed by atoms with Gasteiger partial charge in [-0.1, -0.05) is 15.9 Å². The number of phenolic OH excluding ortho intramolecular Hbond substituents is 1. The van der Waals surface area contributed by atoms with Crippen molar-refractivity contribution >= 4 is 15.9 Å². The summed E-state index contributed by atoms with van der Waals surface area (Å²) in [7, 11) is 1.30. The molecule has 0 fully saturated rings. The Morgan fingerprint density at radius 2 is 2.29 bits per heavy atom. The minimum Gasteiger partial charge on any atom is -0.504 e. The van der Waals surface area contributed by atoms with Crippen LogP contribution in [-0.2, 0) is 6.42 Å². The maximum atomic E-state index is 13.6. The van der Waals surface area contributed by atoms with E-state index < -0.39 is 5.82 Å². The van der Waals surface area contributed by atoms with E-state index in [-0.39, 0.29) is 11.5 Å². The number of halogens is 2. The van der Waals surface area contributed by atoms with Gasteiger partial charge in [-0.2, -0.15) is 0 Å². The summed E-state index contributed by atoms with van der Waals surface area (Å²) in [6, 6.07) is 1.40. The lowest BCUT2D eigenvalue weighted by molar-refractivity contribution is 0.349. The maximum absolute atomic E-state index is 13.6. The predicted molar refractivity (Wildman–Crippen MR) is 55.1 cm³/mol. The van der Waals surface area contributed by atoms with Gasteiger partial charge in [0.25, 0.3) is 0 Å². The molecule has 0 aliphatic rings. The zero-order valence-corrected chi connectivity index (χ0v) is 9.27. The fraction of sp³-hybridized carbons (Fsp3) is 0.333. The van der Waals surface area contributed by atoms with Gasteiger partial charge in [0, 0.05) is 10.0 Å². The highest BCUT2D eigenvalue weighted by Gasteiger charge is 2.16. The summed E-state index contributed by atoms with van der Waals surface area (Å²) in [5.41, 5.74) is 5.76. The van der Waals surface area contributed by atoms with E-state index in [1.54, 1.807) is 0 Å². The van der Waals surface area contributed by atoms with Gasteiger partial charge in [-0.15, -0.1) is 0 Å². The molecule has 3 nitrogen and oxygen atoms in total. The second-order valence-electron chi connectivity index (χ2n) is 2.74. The smallest absolute Gasteiger partial charge is 0.196 e. The number of aromatic hydroxyl groups is 1. The third kappa shape index (κ3) is 1.99. The van der Waals surface area contributed by atoms with E-state index in [2.05, 4.69) is 15.9 Å². The van der Waals surface area contributed by atoms with E-state index in [1.807, 2.05) is 0 Å². The summed E-state index contributed by atoms with van der Waals surface area (Å²) >= 11 is 3.15. The van der Waals surface area contributed by atoms with Crippen molar-refractivity contribution in [2.24, 2.45) is 5.73 Å². The first-order valence-electron chi connectivity index (χ1n) is 4.05. The lowest BCUT2D eigenvalue weighted by Crippen LogP contribution is -2.06. The molecular formula is C9H11BrFNO2. The van der Waals surface area contributed by atoms with Crippen LogP contribution in [0.15, 0.2) is 10.5 Å². The number of phenols is 1. The summed E-state index contributed by atoms with van der Waals surface area (Å²) in [6.45, 7) is 0.337. The van der Waals surface area contributed by atoms with Gasteiger partial charge in [-0.3, -0.25) is 0 Å². The molecule has 0 heterocycles. The van der Waals surface area contributed by atoms with Crippen LogP contribution in [0.4, 0.5) is 4.39 Å². The van der Waals surface area contributed by atoms with Crippen LogP contribution in [0.2, 0.25) is 0 Å². The van der Waals surface area contributed by atoms with Gasteiger partial charge in [-0.25, -0.2) is 4.39 Å². The second kappa shape index (κ2) is 4.61. The number of hydrogen-bond donors (Lipinski definition) is 2. The topological polar surface area (TPSA) is 55.5 Å². The normalized spacial score (nSPS) is 10.3. The molecule has 14 heavy (non-hydrogen) atoms. The fourth-order valence-corrected chi connectivity index (χ4v) is 1.78. The van der Waals surface area contributed by atoms with Gasteiger partial charge in [0.15, 0.2) is 17.3 Å². The van der Waals surface area contributed by atoms with E-state index >= 15 is 0 Å². The molecule has 0 aromatic heterocycles. The first-order chi connectivity index (χ1) is 6.61. The molecule has 3 N–H and O–H groups in total. The van der Waals surface area contributed by atoms with Crippen LogP contribution >= 0.6 is 15.9 Å². The van der Waals surface area contributed by atoms with Crippen LogP contribution in [0.1, 0.15) is 5.56 Å². The molecule has 0 saturated carbocycles. The van der Waals surface area contributed by atoms with Gasteiger partial charge >= 0.3 is 0 Å².